The molecule has 7 heteroatoms. The predicted molar refractivity (Wildman–Crippen MR) is 129 cm³/mol. The number of carbonyl (C=O) groups is 2. The van der Waals surface area contributed by atoms with Crippen LogP contribution in [0.25, 0.3) is 11.0 Å². The summed E-state index contributed by atoms with van der Waals surface area (Å²) in [4.78, 5) is 44.6. The number of allylic oxidation sites excluding steroid dienone is 2. The molecule has 0 fully saturated rings. The number of esters is 1. The van der Waals surface area contributed by atoms with Crippen molar-refractivity contribution in [3.8, 4) is 0 Å². The van der Waals surface area contributed by atoms with Crippen LogP contribution in [0.2, 0.25) is 5.02 Å². The van der Waals surface area contributed by atoms with E-state index in [1.165, 1.54) is 12.3 Å². The normalized spacial score (nSPS) is 20.2. The second kappa shape index (κ2) is 9.03. The fourth-order valence-electron chi connectivity index (χ4n) is 4.80. The number of rotatable bonds is 4. The van der Waals surface area contributed by atoms with Crippen LogP contribution in [-0.2, 0) is 20.9 Å². The van der Waals surface area contributed by atoms with Crippen molar-refractivity contribution in [1.29, 1.82) is 0 Å². The van der Waals surface area contributed by atoms with Gasteiger partial charge < -0.3 is 9.15 Å². The minimum atomic E-state index is -0.913. The third-order valence-corrected chi connectivity index (χ3v) is 6.64. The largest absolute Gasteiger partial charge is 0.464 e. The highest BCUT2D eigenvalue weighted by atomic mass is 35.5. The summed E-state index contributed by atoms with van der Waals surface area (Å²) in [5.41, 5.74) is 2.69. The summed E-state index contributed by atoms with van der Waals surface area (Å²) >= 11 is 6.13. The molecule has 0 saturated carbocycles. The second-order valence-corrected chi connectivity index (χ2v) is 9.04. The molecule has 0 saturated heterocycles. The van der Waals surface area contributed by atoms with Gasteiger partial charge in [0.05, 0.1) is 11.6 Å². The Morgan fingerprint density at radius 1 is 1.15 bits per heavy atom. The molecule has 1 aliphatic heterocycles. The van der Waals surface area contributed by atoms with Crippen molar-refractivity contribution >= 4 is 40.0 Å². The van der Waals surface area contributed by atoms with Crippen LogP contribution in [0.5, 0.6) is 0 Å². The van der Waals surface area contributed by atoms with E-state index in [-0.39, 0.29) is 23.4 Å². The number of carbonyl (C=O) groups excluding carboxylic acids is 2. The average Bonchev–Trinajstić information content (AvgIpc) is 2.83. The fraction of sp³-hybridized carbons (Fsp3) is 0.259. The van der Waals surface area contributed by atoms with Gasteiger partial charge in [0.1, 0.15) is 18.1 Å². The van der Waals surface area contributed by atoms with Crippen LogP contribution in [0.15, 0.2) is 80.3 Å². The number of halogens is 1. The lowest BCUT2D eigenvalue weighted by molar-refractivity contribution is -0.148. The average molecular weight is 476 g/mol. The van der Waals surface area contributed by atoms with Crippen LogP contribution in [0, 0.1) is 5.92 Å². The molecule has 172 valence electrons. The summed E-state index contributed by atoms with van der Waals surface area (Å²) in [6.07, 6.45) is 3.00. The highest BCUT2D eigenvalue weighted by molar-refractivity contribution is 6.31. The Balaban J connectivity index is 1.61. The van der Waals surface area contributed by atoms with Crippen LogP contribution >= 0.6 is 11.6 Å². The summed E-state index contributed by atoms with van der Waals surface area (Å²) in [6.45, 7) is 1.82. The Bertz CT molecular complexity index is 1420. The molecule has 2 aromatic carbocycles. The zero-order chi connectivity index (χ0) is 23.8. The molecular formula is C27H22ClNO5. The molecule has 34 heavy (non-hydrogen) atoms. The van der Waals surface area contributed by atoms with Gasteiger partial charge in [-0.05, 0) is 43.5 Å². The monoisotopic (exact) mass is 475 g/mol. The summed E-state index contributed by atoms with van der Waals surface area (Å²) in [5, 5.41) is 0.692. The standard InChI is InChI=1S/C27H22ClNO5/c1-15-23(27(32)34-13-16-6-3-2-4-7-16)24(25-20(29-15)8-5-9-21(25)30)19-14-33-22-11-10-17(28)12-18(22)26(19)31/h2-4,6-7,10-12,14,23-24H,5,8-9,13H2,1H3. The number of nitrogens with zero attached hydrogens (tertiary/aromatic N) is 1. The van der Waals surface area contributed by atoms with Crippen molar-refractivity contribution in [3.05, 3.63) is 92.4 Å². The summed E-state index contributed by atoms with van der Waals surface area (Å²) in [5.74, 6) is -2.38. The molecule has 1 aliphatic carbocycles. The molecule has 0 spiro atoms. The number of benzene rings is 2. The van der Waals surface area contributed by atoms with Crippen molar-refractivity contribution in [1.82, 2.24) is 0 Å². The zero-order valence-electron chi connectivity index (χ0n) is 18.5. The van der Waals surface area contributed by atoms with Crippen molar-refractivity contribution in [2.45, 2.75) is 38.7 Å². The number of ketones is 1. The van der Waals surface area contributed by atoms with Crippen LogP contribution in [0.1, 0.15) is 43.2 Å². The van der Waals surface area contributed by atoms with Gasteiger partial charge in [0, 0.05) is 39.9 Å². The Morgan fingerprint density at radius 3 is 2.74 bits per heavy atom. The smallest absolute Gasteiger partial charge is 0.315 e. The molecule has 2 atom stereocenters. The minimum Gasteiger partial charge on any atom is -0.464 e. The first-order valence-electron chi connectivity index (χ1n) is 11.2. The van der Waals surface area contributed by atoms with Crippen LogP contribution in [-0.4, -0.2) is 17.5 Å². The molecule has 2 aliphatic rings. The molecule has 2 unspecified atom stereocenters. The third kappa shape index (κ3) is 3.99. The van der Waals surface area contributed by atoms with Crippen LogP contribution in [0.3, 0.4) is 0 Å². The van der Waals surface area contributed by atoms with E-state index in [0.717, 1.165) is 5.56 Å². The van der Waals surface area contributed by atoms with E-state index in [2.05, 4.69) is 4.99 Å². The molecular weight excluding hydrogens is 454 g/mol. The molecule has 6 nitrogen and oxygen atoms in total. The third-order valence-electron chi connectivity index (χ3n) is 6.41. The zero-order valence-corrected chi connectivity index (χ0v) is 19.3. The summed E-state index contributed by atoms with van der Waals surface area (Å²) in [7, 11) is 0. The predicted octanol–water partition coefficient (Wildman–Crippen LogP) is 5.37. The maximum Gasteiger partial charge on any atom is 0.315 e. The lowest BCUT2D eigenvalue weighted by Gasteiger charge is -2.33. The molecule has 3 aromatic rings. The lowest BCUT2D eigenvalue weighted by Crippen LogP contribution is -2.39. The van der Waals surface area contributed by atoms with E-state index in [0.29, 0.717) is 52.2 Å². The highest BCUT2D eigenvalue weighted by Gasteiger charge is 2.44. The van der Waals surface area contributed by atoms with Gasteiger partial charge in [0.2, 0.25) is 0 Å². The van der Waals surface area contributed by atoms with Gasteiger partial charge in [0.15, 0.2) is 11.2 Å². The quantitative estimate of drug-likeness (QED) is 0.473. The number of hydrogen-bond donors (Lipinski definition) is 0. The van der Waals surface area contributed by atoms with Gasteiger partial charge in [-0.2, -0.15) is 0 Å². The van der Waals surface area contributed by atoms with E-state index in [1.807, 2.05) is 30.3 Å². The lowest BCUT2D eigenvalue weighted by atomic mass is 9.72. The topological polar surface area (TPSA) is 85.9 Å². The molecule has 5 rings (SSSR count). The maximum atomic E-state index is 13.6. The molecule has 0 amide bonds. The van der Waals surface area contributed by atoms with Crippen molar-refractivity contribution in [2.75, 3.05) is 0 Å². The summed E-state index contributed by atoms with van der Waals surface area (Å²) in [6, 6.07) is 14.1. The van der Waals surface area contributed by atoms with E-state index < -0.39 is 17.8 Å². The van der Waals surface area contributed by atoms with Crippen molar-refractivity contribution < 1.29 is 18.7 Å². The van der Waals surface area contributed by atoms with Gasteiger partial charge in [-0.1, -0.05) is 41.9 Å². The van der Waals surface area contributed by atoms with Crippen LogP contribution < -0.4 is 5.43 Å². The van der Waals surface area contributed by atoms with Gasteiger partial charge in [-0.25, -0.2) is 0 Å². The number of hydrogen-bond acceptors (Lipinski definition) is 6. The first-order chi connectivity index (χ1) is 16.4. The SMILES string of the molecule is CC1=NC2=C(C(=O)CCC2)C(c2coc3ccc(Cl)cc3c2=O)C1C(=O)OCc1ccccc1. The van der Waals surface area contributed by atoms with E-state index in [4.69, 9.17) is 20.8 Å². The summed E-state index contributed by atoms with van der Waals surface area (Å²) < 4.78 is 11.4. The van der Waals surface area contributed by atoms with Gasteiger partial charge in [-0.15, -0.1) is 0 Å². The molecule has 2 heterocycles. The molecule has 0 radical (unpaired) electrons. The van der Waals surface area contributed by atoms with Crippen LogP contribution in [0.4, 0.5) is 0 Å². The Kier molecular flexibility index (Phi) is 5.92. The molecule has 0 bridgehead atoms. The number of fused-ring (bicyclic) bond motifs is 1. The Labute approximate surface area is 200 Å². The minimum absolute atomic E-state index is 0.0813. The Morgan fingerprint density at radius 2 is 1.94 bits per heavy atom. The van der Waals surface area contributed by atoms with Gasteiger partial charge in [0.25, 0.3) is 0 Å². The van der Waals surface area contributed by atoms with E-state index in [9.17, 15) is 14.4 Å². The number of Topliss-reactive ketones (excluding diaryl/α,β-unsaturated/α-hetero) is 1. The first-order valence-corrected chi connectivity index (χ1v) is 11.5. The van der Waals surface area contributed by atoms with Gasteiger partial charge in [-0.3, -0.25) is 19.4 Å². The van der Waals surface area contributed by atoms with Crippen molar-refractivity contribution in [2.24, 2.45) is 10.9 Å². The number of ether oxygens (including phenoxy) is 1. The second-order valence-electron chi connectivity index (χ2n) is 8.60. The van der Waals surface area contributed by atoms with Gasteiger partial charge >= 0.3 is 5.97 Å². The Hall–Kier alpha value is -3.51. The van der Waals surface area contributed by atoms with E-state index >= 15 is 0 Å². The number of aliphatic imine (C=N–C) groups is 1. The highest BCUT2D eigenvalue weighted by Crippen LogP contribution is 2.43. The molecule has 0 N–H and O–H groups in total. The molecule has 1 aromatic heterocycles. The first kappa shape index (κ1) is 22.3. The maximum absolute atomic E-state index is 13.6. The fourth-order valence-corrected chi connectivity index (χ4v) is 4.97. The van der Waals surface area contributed by atoms with E-state index in [1.54, 1.807) is 19.1 Å². The van der Waals surface area contributed by atoms with Crippen molar-refractivity contribution in [3.63, 3.8) is 0 Å².